The Morgan fingerprint density at radius 1 is 0.857 bits per heavy atom. The number of hydrogen-bond donors (Lipinski definition) is 1. The van der Waals surface area contributed by atoms with E-state index in [0.29, 0.717) is 28.7 Å². The van der Waals surface area contributed by atoms with Gasteiger partial charge < -0.3 is 9.80 Å². The highest BCUT2D eigenvalue weighted by atomic mass is 35.5. The number of hydrogen-bond acceptors (Lipinski definition) is 4. The van der Waals surface area contributed by atoms with Crippen LogP contribution in [0.2, 0.25) is 5.02 Å². The molecule has 0 bridgehead atoms. The number of amides is 2. The number of imide groups is 1. The number of para-hydroxylation sites is 1. The fourth-order valence-electron chi connectivity index (χ4n) is 4.45. The summed E-state index contributed by atoms with van der Waals surface area (Å²) in [5.74, 6) is -1.60. The first-order chi connectivity index (χ1) is 17.0. The Morgan fingerprint density at radius 2 is 1.51 bits per heavy atom. The maximum Gasteiger partial charge on any atom is 0.283 e. The lowest BCUT2D eigenvalue weighted by molar-refractivity contribution is -0.917. The van der Waals surface area contributed by atoms with Crippen molar-refractivity contribution in [3.8, 4) is 0 Å². The third kappa shape index (κ3) is 4.98. The topological polar surface area (TPSA) is 45.1 Å². The molecule has 35 heavy (non-hydrogen) atoms. The monoisotopic (exact) mass is 508 g/mol. The average Bonchev–Trinajstić information content (AvgIpc) is 3.11. The van der Waals surface area contributed by atoms with Crippen LogP contribution >= 0.6 is 23.4 Å². The van der Waals surface area contributed by atoms with Gasteiger partial charge in [-0.3, -0.25) is 9.59 Å². The number of piperazine rings is 1. The van der Waals surface area contributed by atoms with Gasteiger partial charge in [-0.2, -0.15) is 0 Å². The molecule has 0 radical (unpaired) electrons. The molecule has 2 aliphatic heterocycles. The van der Waals surface area contributed by atoms with Gasteiger partial charge in [-0.15, -0.1) is 0 Å². The van der Waals surface area contributed by atoms with Crippen LogP contribution in [0.1, 0.15) is 5.56 Å². The van der Waals surface area contributed by atoms with Crippen molar-refractivity contribution in [2.45, 2.75) is 11.4 Å². The van der Waals surface area contributed by atoms with E-state index in [2.05, 4.69) is 12.1 Å². The molecule has 1 N–H and O–H groups in total. The molecule has 8 heteroatoms. The molecule has 3 aromatic rings. The number of nitrogens with one attached hydrogen (secondary N) is 1. The van der Waals surface area contributed by atoms with Gasteiger partial charge in [-0.1, -0.05) is 65.8 Å². The standard InChI is InChI=1S/C27H23ClFN3O2S/c28-20-10-12-21(13-11-20)35-25-24(26(33)32(27(25)34)23-9-5-4-8-22(23)29)31-16-14-30(15-17-31)18-19-6-2-1-3-7-19/h1-13H,14-18H2/p+1. The van der Waals surface area contributed by atoms with E-state index in [9.17, 15) is 14.0 Å². The summed E-state index contributed by atoms with van der Waals surface area (Å²) in [6.07, 6.45) is 0. The molecule has 2 aliphatic rings. The SMILES string of the molecule is O=C1C(Sc2ccc(Cl)cc2)=C(N2CC[NH+](Cc3ccccc3)CC2)C(=O)N1c1ccccc1F. The van der Waals surface area contributed by atoms with Crippen LogP contribution in [0.4, 0.5) is 10.1 Å². The summed E-state index contributed by atoms with van der Waals surface area (Å²) >= 11 is 7.24. The Hall–Kier alpha value is -3.13. The number of thioether (sulfide) groups is 1. The number of carbonyl (C=O) groups excluding carboxylic acids is 2. The molecule has 5 rings (SSSR count). The van der Waals surface area contributed by atoms with E-state index in [4.69, 9.17) is 11.6 Å². The number of benzene rings is 3. The van der Waals surface area contributed by atoms with Crippen molar-refractivity contribution in [2.75, 3.05) is 31.1 Å². The molecule has 0 atom stereocenters. The van der Waals surface area contributed by atoms with Crippen molar-refractivity contribution in [1.82, 2.24) is 4.90 Å². The molecular formula is C27H24ClFN3O2S+. The van der Waals surface area contributed by atoms with Crippen LogP contribution in [-0.4, -0.2) is 42.9 Å². The Morgan fingerprint density at radius 3 is 2.20 bits per heavy atom. The van der Waals surface area contributed by atoms with Crippen molar-refractivity contribution < 1.29 is 18.9 Å². The molecule has 0 aliphatic carbocycles. The summed E-state index contributed by atoms with van der Waals surface area (Å²) in [7, 11) is 0. The second-order valence-corrected chi connectivity index (χ2v) is 10.1. The van der Waals surface area contributed by atoms with Crippen molar-refractivity contribution in [2.24, 2.45) is 0 Å². The third-order valence-electron chi connectivity index (χ3n) is 6.23. The smallest absolute Gasteiger partial charge is 0.283 e. The van der Waals surface area contributed by atoms with Crippen molar-refractivity contribution in [3.05, 3.63) is 106 Å². The zero-order valence-electron chi connectivity index (χ0n) is 18.9. The lowest BCUT2D eigenvalue weighted by Crippen LogP contribution is -3.13. The predicted octanol–water partition coefficient (Wildman–Crippen LogP) is 3.76. The van der Waals surface area contributed by atoms with Gasteiger partial charge >= 0.3 is 0 Å². The molecule has 2 heterocycles. The minimum absolute atomic E-state index is 0.0277. The lowest BCUT2D eigenvalue weighted by Gasteiger charge is -2.34. The fraction of sp³-hybridized carbons (Fsp3) is 0.185. The molecule has 0 spiro atoms. The highest BCUT2D eigenvalue weighted by molar-refractivity contribution is 8.04. The summed E-state index contributed by atoms with van der Waals surface area (Å²) in [5.41, 5.74) is 1.59. The Bertz CT molecular complexity index is 1280. The molecule has 1 fully saturated rings. The molecule has 1 saturated heterocycles. The molecular weight excluding hydrogens is 485 g/mol. The molecule has 0 saturated carbocycles. The molecule has 2 amide bonds. The summed E-state index contributed by atoms with van der Waals surface area (Å²) in [6.45, 7) is 3.84. The first-order valence-corrected chi connectivity index (χ1v) is 12.6. The summed E-state index contributed by atoms with van der Waals surface area (Å²) in [4.78, 5) is 32.6. The minimum atomic E-state index is -0.608. The summed E-state index contributed by atoms with van der Waals surface area (Å²) in [6, 6.07) is 23.3. The van der Waals surface area contributed by atoms with E-state index in [1.807, 2.05) is 35.2 Å². The van der Waals surface area contributed by atoms with Crippen LogP contribution in [-0.2, 0) is 16.1 Å². The van der Waals surface area contributed by atoms with Crippen LogP contribution in [0.3, 0.4) is 0 Å². The third-order valence-corrected chi connectivity index (χ3v) is 7.56. The van der Waals surface area contributed by atoms with Crippen molar-refractivity contribution >= 4 is 40.9 Å². The van der Waals surface area contributed by atoms with Crippen LogP contribution in [0.5, 0.6) is 0 Å². The highest BCUT2D eigenvalue weighted by Crippen LogP contribution is 2.39. The van der Waals surface area contributed by atoms with E-state index >= 15 is 0 Å². The number of halogens is 2. The first-order valence-electron chi connectivity index (χ1n) is 11.4. The number of carbonyl (C=O) groups is 2. The molecule has 5 nitrogen and oxygen atoms in total. The molecule has 0 unspecified atom stereocenters. The quantitative estimate of drug-likeness (QED) is 0.515. The van der Waals surface area contributed by atoms with E-state index < -0.39 is 17.6 Å². The van der Waals surface area contributed by atoms with Gasteiger partial charge in [0, 0.05) is 15.5 Å². The van der Waals surface area contributed by atoms with Crippen molar-refractivity contribution in [1.29, 1.82) is 0 Å². The van der Waals surface area contributed by atoms with E-state index in [1.54, 1.807) is 18.2 Å². The minimum Gasteiger partial charge on any atom is -0.355 e. The van der Waals surface area contributed by atoms with Gasteiger partial charge in [0.05, 0.1) is 31.9 Å². The van der Waals surface area contributed by atoms with E-state index in [0.717, 1.165) is 29.4 Å². The van der Waals surface area contributed by atoms with E-state index in [-0.39, 0.29) is 5.69 Å². The van der Waals surface area contributed by atoms with Gasteiger partial charge in [0.1, 0.15) is 23.0 Å². The molecule has 0 aromatic heterocycles. The summed E-state index contributed by atoms with van der Waals surface area (Å²) in [5, 5.41) is 0.586. The second kappa shape index (κ2) is 10.2. The lowest BCUT2D eigenvalue weighted by atomic mass is 10.2. The zero-order valence-corrected chi connectivity index (χ0v) is 20.5. The van der Waals surface area contributed by atoms with Crippen LogP contribution in [0, 0.1) is 5.82 Å². The maximum atomic E-state index is 14.6. The van der Waals surface area contributed by atoms with Gasteiger partial charge in [0.25, 0.3) is 11.8 Å². The Kier molecular flexibility index (Phi) is 6.90. The van der Waals surface area contributed by atoms with Crippen molar-refractivity contribution in [3.63, 3.8) is 0 Å². The number of anilines is 1. The zero-order chi connectivity index (χ0) is 24.4. The maximum absolute atomic E-state index is 14.6. The number of rotatable bonds is 6. The predicted molar refractivity (Wildman–Crippen MR) is 136 cm³/mol. The Labute approximate surface area is 212 Å². The van der Waals surface area contributed by atoms with E-state index in [1.165, 1.54) is 40.4 Å². The second-order valence-electron chi connectivity index (χ2n) is 8.53. The largest absolute Gasteiger partial charge is 0.355 e. The van der Waals surface area contributed by atoms with Gasteiger partial charge in [-0.25, -0.2) is 9.29 Å². The van der Waals surface area contributed by atoms with Crippen LogP contribution in [0.15, 0.2) is 94.4 Å². The highest BCUT2D eigenvalue weighted by Gasteiger charge is 2.44. The first kappa shape index (κ1) is 23.6. The Balaban J connectivity index is 1.42. The van der Waals surface area contributed by atoms with Gasteiger partial charge in [-0.05, 0) is 36.4 Å². The average molecular weight is 509 g/mol. The van der Waals surface area contributed by atoms with Gasteiger partial charge in [0.2, 0.25) is 0 Å². The number of nitrogens with zero attached hydrogens (tertiary/aromatic N) is 2. The van der Waals surface area contributed by atoms with Gasteiger partial charge in [0.15, 0.2) is 0 Å². The fourth-order valence-corrected chi connectivity index (χ4v) is 5.57. The summed E-state index contributed by atoms with van der Waals surface area (Å²) < 4.78 is 14.6. The number of quaternary nitrogens is 1. The van der Waals surface area contributed by atoms with Crippen LogP contribution in [0.25, 0.3) is 0 Å². The molecule has 3 aromatic carbocycles. The normalized spacial score (nSPS) is 17.0. The van der Waals surface area contributed by atoms with Crippen LogP contribution < -0.4 is 9.80 Å². The molecule has 178 valence electrons.